The molecule has 172 valence electrons. The standard InChI is InChI=1S/C26H23ClN4O3/c1-17-5-7-18(8-6-17)10-12-22(32)29-23-24(27)31(26(34)30(2)25(23)33)15-3-4-19-9-11-21-20(16-19)13-14-28-21/h5-9,11,13-14,16,28H,10,12,15H2,1-2H3,(H,29,32). The van der Waals surface area contributed by atoms with Crippen LogP contribution in [0.5, 0.6) is 0 Å². The van der Waals surface area contributed by atoms with Gasteiger partial charge in [-0.2, -0.15) is 0 Å². The van der Waals surface area contributed by atoms with Gasteiger partial charge in [0.25, 0.3) is 5.56 Å². The molecule has 1 amide bonds. The molecule has 2 N–H and O–H groups in total. The van der Waals surface area contributed by atoms with E-state index in [9.17, 15) is 14.4 Å². The highest BCUT2D eigenvalue weighted by atomic mass is 35.5. The lowest BCUT2D eigenvalue weighted by atomic mass is 10.1. The van der Waals surface area contributed by atoms with Crippen LogP contribution in [0.2, 0.25) is 5.15 Å². The molecule has 0 unspecified atom stereocenters. The Labute approximate surface area is 201 Å². The number of aromatic nitrogens is 3. The van der Waals surface area contributed by atoms with Gasteiger partial charge in [-0.15, -0.1) is 0 Å². The number of fused-ring (bicyclic) bond motifs is 1. The second kappa shape index (κ2) is 9.86. The molecule has 34 heavy (non-hydrogen) atoms. The van der Waals surface area contributed by atoms with E-state index in [-0.39, 0.29) is 29.7 Å². The van der Waals surface area contributed by atoms with E-state index in [4.69, 9.17) is 11.6 Å². The van der Waals surface area contributed by atoms with Gasteiger partial charge in [-0.05, 0) is 43.2 Å². The molecule has 0 spiro atoms. The van der Waals surface area contributed by atoms with Crippen LogP contribution in [0.3, 0.4) is 0 Å². The van der Waals surface area contributed by atoms with Crippen molar-refractivity contribution < 1.29 is 4.79 Å². The van der Waals surface area contributed by atoms with E-state index >= 15 is 0 Å². The van der Waals surface area contributed by atoms with Crippen molar-refractivity contribution in [2.24, 2.45) is 7.05 Å². The van der Waals surface area contributed by atoms with Crippen LogP contribution in [0.25, 0.3) is 10.9 Å². The zero-order valence-corrected chi connectivity index (χ0v) is 19.6. The molecule has 0 aliphatic heterocycles. The van der Waals surface area contributed by atoms with E-state index in [1.54, 1.807) is 0 Å². The predicted octanol–water partition coefficient (Wildman–Crippen LogP) is 3.61. The number of anilines is 1. The maximum Gasteiger partial charge on any atom is 0.332 e. The minimum atomic E-state index is -0.666. The largest absolute Gasteiger partial charge is 0.361 e. The average molecular weight is 475 g/mol. The van der Waals surface area contributed by atoms with Gasteiger partial charge in [0.1, 0.15) is 10.8 Å². The zero-order chi connectivity index (χ0) is 24.2. The van der Waals surface area contributed by atoms with Crippen LogP contribution in [0.15, 0.2) is 64.3 Å². The highest BCUT2D eigenvalue weighted by Crippen LogP contribution is 2.17. The monoisotopic (exact) mass is 474 g/mol. The Hall–Kier alpha value is -4.02. The quantitative estimate of drug-likeness (QED) is 0.342. The van der Waals surface area contributed by atoms with Crippen molar-refractivity contribution in [3.63, 3.8) is 0 Å². The molecule has 0 saturated carbocycles. The van der Waals surface area contributed by atoms with Gasteiger partial charge in [0.15, 0.2) is 0 Å². The number of halogens is 1. The highest BCUT2D eigenvalue weighted by molar-refractivity contribution is 6.32. The number of benzene rings is 2. The smallest absolute Gasteiger partial charge is 0.332 e. The molecule has 0 saturated heterocycles. The lowest BCUT2D eigenvalue weighted by Gasteiger charge is -2.13. The lowest BCUT2D eigenvalue weighted by molar-refractivity contribution is -0.116. The summed E-state index contributed by atoms with van der Waals surface area (Å²) in [6.07, 6.45) is 2.53. The Kier molecular flexibility index (Phi) is 6.71. The molecule has 0 radical (unpaired) electrons. The van der Waals surface area contributed by atoms with Crippen molar-refractivity contribution in [3.05, 3.63) is 97.4 Å². The van der Waals surface area contributed by atoms with Crippen molar-refractivity contribution in [3.8, 4) is 11.8 Å². The number of rotatable bonds is 5. The van der Waals surface area contributed by atoms with Gasteiger partial charge in [-0.3, -0.25) is 18.7 Å². The first-order valence-electron chi connectivity index (χ1n) is 10.7. The molecule has 0 atom stereocenters. The molecule has 7 nitrogen and oxygen atoms in total. The first-order chi connectivity index (χ1) is 16.3. The summed E-state index contributed by atoms with van der Waals surface area (Å²) in [6.45, 7) is 1.96. The van der Waals surface area contributed by atoms with E-state index < -0.39 is 11.2 Å². The Morgan fingerprint density at radius 1 is 1.12 bits per heavy atom. The molecular formula is C26H23ClN4O3. The maximum atomic E-state index is 12.6. The number of carbonyl (C=O) groups is 1. The van der Waals surface area contributed by atoms with Crippen LogP contribution < -0.4 is 16.6 Å². The molecular weight excluding hydrogens is 452 g/mol. The minimum absolute atomic E-state index is 0.0385. The first kappa shape index (κ1) is 23.1. The third-order valence-corrected chi connectivity index (χ3v) is 5.92. The van der Waals surface area contributed by atoms with Crippen molar-refractivity contribution in [2.45, 2.75) is 26.3 Å². The van der Waals surface area contributed by atoms with Crippen molar-refractivity contribution in [1.82, 2.24) is 14.1 Å². The van der Waals surface area contributed by atoms with Crippen LogP contribution in [-0.4, -0.2) is 20.0 Å². The molecule has 0 bridgehead atoms. The summed E-state index contributed by atoms with van der Waals surface area (Å²) in [5.41, 5.74) is 2.53. The van der Waals surface area contributed by atoms with Gasteiger partial charge in [0.2, 0.25) is 5.91 Å². The lowest BCUT2D eigenvalue weighted by Crippen LogP contribution is -2.40. The number of hydrogen-bond acceptors (Lipinski definition) is 3. The number of amides is 1. The second-order valence-electron chi connectivity index (χ2n) is 8.01. The number of H-pyrrole nitrogens is 1. The van der Waals surface area contributed by atoms with Gasteiger partial charge in [-0.25, -0.2) is 4.79 Å². The molecule has 0 aliphatic carbocycles. The fourth-order valence-corrected chi connectivity index (χ4v) is 3.81. The van der Waals surface area contributed by atoms with E-state index in [0.717, 1.165) is 32.2 Å². The maximum absolute atomic E-state index is 12.6. The minimum Gasteiger partial charge on any atom is -0.361 e. The highest BCUT2D eigenvalue weighted by Gasteiger charge is 2.17. The van der Waals surface area contributed by atoms with E-state index in [2.05, 4.69) is 22.1 Å². The molecule has 2 aromatic carbocycles. The zero-order valence-electron chi connectivity index (χ0n) is 18.8. The fourth-order valence-electron chi connectivity index (χ4n) is 3.55. The van der Waals surface area contributed by atoms with Crippen LogP contribution in [-0.2, 0) is 24.8 Å². The summed E-state index contributed by atoms with van der Waals surface area (Å²) in [4.78, 5) is 40.9. The fraction of sp³-hybridized carbons (Fsp3) is 0.192. The summed E-state index contributed by atoms with van der Waals surface area (Å²) in [6, 6.07) is 15.6. The Morgan fingerprint density at radius 2 is 1.88 bits per heavy atom. The Bertz CT molecular complexity index is 1550. The molecule has 2 aromatic heterocycles. The number of aryl methyl sites for hydroxylation is 2. The Morgan fingerprint density at radius 3 is 2.65 bits per heavy atom. The van der Waals surface area contributed by atoms with Crippen LogP contribution in [0, 0.1) is 18.8 Å². The molecule has 4 rings (SSSR count). The SMILES string of the molecule is Cc1ccc(CCC(=O)Nc2c(Cl)n(CC#Cc3ccc4[nH]ccc4c3)c(=O)n(C)c2=O)cc1. The van der Waals surface area contributed by atoms with Gasteiger partial charge < -0.3 is 10.3 Å². The molecule has 0 fully saturated rings. The summed E-state index contributed by atoms with van der Waals surface area (Å²) in [5.74, 6) is 5.57. The van der Waals surface area contributed by atoms with Crippen molar-refractivity contribution >= 4 is 34.1 Å². The second-order valence-corrected chi connectivity index (χ2v) is 8.37. The number of aromatic amines is 1. The topological polar surface area (TPSA) is 88.9 Å². The third kappa shape index (κ3) is 4.98. The van der Waals surface area contributed by atoms with E-state index in [1.165, 1.54) is 11.6 Å². The van der Waals surface area contributed by atoms with Crippen LogP contribution in [0.4, 0.5) is 5.69 Å². The van der Waals surface area contributed by atoms with Gasteiger partial charge in [0.05, 0.1) is 6.54 Å². The molecule has 2 heterocycles. The van der Waals surface area contributed by atoms with Crippen LogP contribution in [0.1, 0.15) is 23.1 Å². The average Bonchev–Trinajstić information content (AvgIpc) is 3.30. The Balaban J connectivity index is 1.53. The van der Waals surface area contributed by atoms with Crippen LogP contribution >= 0.6 is 11.6 Å². The molecule has 8 heteroatoms. The number of hydrogen-bond donors (Lipinski definition) is 2. The van der Waals surface area contributed by atoms with E-state index in [0.29, 0.717) is 6.42 Å². The summed E-state index contributed by atoms with van der Waals surface area (Å²) in [5, 5.41) is 3.46. The molecule has 4 aromatic rings. The summed E-state index contributed by atoms with van der Waals surface area (Å²) in [7, 11) is 1.34. The van der Waals surface area contributed by atoms with Crippen molar-refractivity contribution in [2.75, 3.05) is 5.32 Å². The van der Waals surface area contributed by atoms with Gasteiger partial charge >= 0.3 is 5.69 Å². The number of carbonyl (C=O) groups excluding carboxylic acids is 1. The third-order valence-electron chi connectivity index (χ3n) is 5.53. The van der Waals surface area contributed by atoms with Gasteiger partial charge in [-0.1, -0.05) is 53.3 Å². The number of nitrogens with zero attached hydrogens (tertiary/aromatic N) is 2. The van der Waals surface area contributed by atoms with Gasteiger partial charge in [0, 0.05) is 36.1 Å². The first-order valence-corrected chi connectivity index (χ1v) is 11.1. The predicted molar refractivity (Wildman–Crippen MR) is 134 cm³/mol. The summed E-state index contributed by atoms with van der Waals surface area (Å²) < 4.78 is 2.08. The van der Waals surface area contributed by atoms with E-state index in [1.807, 2.05) is 61.7 Å². The summed E-state index contributed by atoms with van der Waals surface area (Å²) >= 11 is 6.38. The normalized spacial score (nSPS) is 10.7. The number of nitrogens with one attached hydrogen (secondary N) is 2. The molecule has 0 aliphatic rings. The van der Waals surface area contributed by atoms with Crippen molar-refractivity contribution in [1.29, 1.82) is 0 Å².